The maximum Gasteiger partial charge on any atom is 4.00 e. The monoisotopic (exact) mass is 605 g/mol. The SMILES string of the molecule is CCCCCC.C[Si].Cc1cc2c(ccc3ccccc32)[cH-]1.Cc1cc2c(ccc3ccccc32)[cH-]1.[Cl-].[Cl-].[Ti+4]. The van der Waals surface area contributed by atoms with Crippen molar-refractivity contribution in [1.29, 1.82) is 0 Å². The summed E-state index contributed by atoms with van der Waals surface area (Å²) >= 11 is 0. The molecule has 0 saturated heterocycles. The van der Waals surface area contributed by atoms with Gasteiger partial charge < -0.3 is 24.8 Å². The third-order valence-corrected chi connectivity index (χ3v) is 6.48. The summed E-state index contributed by atoms with van der Waals surface area (Å²) in [6.07, 6.45) is 5.54. The Balaban J connectivity index is 0.000000554. The predicted octanol–water partition coefficient (Wildman–Crippen LogP) is 4.84. The molecule has 0 aliphatic carbocycles. The van der Waals surface area contributed by atoms with Crippen LogP contribution in [0.1, 0.15) is 50.7 Å². The van der Waals surface area contributed by atoms with Gasteiger partial charge in [0.2, 0.25) is 0 Å². The summed E-state index contributed by atoms with van der Waals surface area (Å²) < 4.78 is 0. The number of unbranched alkanes of at least 4 members (excludes halogenated alkanes) is 3. The van der Waals surface area contributed by atoms with Gasteiger partial charge in [0.05, 0.1) is 0 Å². The minimum atomic E-state index is 0. The largest absolute Gasteiger partial charge is 4.00 e. The zero-order valence-electron chi connectivity index (χ0n) is 23.8. The zero-order chi connectivity index (χ0) is 25.9. The maximum atomic E-state index is 2.97. The fourth-order valence-electron chi connectivity index (χ4n) is 4.73. The third kappa shape index (κ3) is 9.92. The summed E-state index contributed by atoms with van der Waals surface area (Å²) in [6, 6.07) is 34.9. The van der Waals surface area contributed by atoms with Crippen LogP contribution in [0, 0.1) is 13.8 Å². The number of aryl methyl sites for hydroxylation is 2. The molecule has 0 atom stereocenters. The van der Waals surface area contributed by atoms with Gasteiger partial charge in [0, 0.05) is 10.2 Å². The molecule has 0 N–H and O–H groups in total. The molecule has 6 rings (SSSR count). The summed E-state index contributed by atoms with van der Waals surface area (Å²) in [7, 11) is 2.97. The van der Waals surface area contributed by atoms with Crippen molar-refractivity contribution in [2.45, 2.75) is 59.9 Å². The molecule has 0 unspecified atom stereocenters. The number of benzene rings is 4. The van der Waals surface area contributed by atoms with Gasteiger partial charge in [-0.05, 0) is 10.8 Å². The smallest absolute Gasteiger partial charge is 1.00 e. The molecule has 0 aliphatic rings. The van der Waals surface area contributed by atoms with Crippen LogP contribution in [0.25, 0.3) is 43.1 Å². The first-order valence-electron chi connectivity index (χ1n) is 13.2. The van der Waals surface area contributed by atoms with Gasteiger partial charge in [-0.2, -0.15) is 12.1 Å². The second kappa shape index (κ2) is 19.2. The van der Waals surface area contributed by atoms with Crippen molar-refractivity contribution in [3.05, 3.63) is 108 Å². The standard InChI is InChI=1S/2C14H11.C6H14.CH3Si.2ClH.Ti/c2*1-10-8-12-7-6-11-4-2-3-5-13(11)14(12)9-10;1-3-5-6-4-2;1-2;;;/h2*2-9H,1H3;3-6H2,1-2H3;1H3;2*1H;/q2*-1;;;;;+4/p-2. The molecule has 6 aromatic carbocycles. The number of hydrogen-bond acceptors (Lipinski definition) is 0. The number of hydrogen-bond donors (Lipinski definition) is 0. The van der Waals surface area contributed by atoms with Gasteiger partial charge in [-0.1, -0.05) is 131 Å². The molecule has 0 fully saturated rings. The third-order valence-electron chi connectivity index (χ3n) is 6.48. The average Bonchev–Trinajstić information content (AvgIpc) is 3.50. The van der Waals surface area contributed by atoms with E-state index in [1.165, 1.54) is 79.9 Å². The molecule has 0 saturated carbocycles. The Morgan fingerprint density at radius 3 is 1.26 bits per heavy atom. The molecule has 3 radical (unpaired) electrons. The summed E-state index contributed by atoms with van der Waals surface area (Å²) in [6.45, 7) is 10.6. The number of halogens is 2. The molecule has 39 heavy (non-hydrogen) atoms. The van der Waals surface area contributed by atoms with Gasteiger partial charge in [0.15, 0.2) is 0 Å². The van der Waals surface area contributed by atoms with Crippen LogP contribution in [-0.2, 0) is 21.7 Å². The van der Waals surface area contributed by atoms with Crippen LogP contribution in [0.3, 0.4) is 0 Å². The Bertz CT molecular complexity index is 1400. The summed E-state index contributed by atoms with van der Waals surface area (Å²) in [5.74, 6) is 0. The van der Waals surface area contributed by atoms with Crippen molar-refractivity contribution < 1.29 is 46.5 Å². The Morgan fingerprint density at radius 1 is 0.538 bits per heavy atom. The molecular formula is C35H39Cl2SiTi. The van der Waals surface area contributed by atoms with Gasteiger partial charge in [-0.3, -0.25) is 0 Å². The molecule has 0 spiro atoms. The summed E-state index contributed by atoms with van der Waals surface area (Å²) in [5, 5.41) is 10.8. The maximum absolute atomic E-state index is 2.97. The normalized spacial score (nSPS) is 9.59. The van der Waals surface area contributed by atoms with Crippen molar-refractivity contribution in [1.82, 2.24) is 0 Å². The van der Waals surface area contributed by atoms with Gasteiger partial charge in [0.25, 0.3) is 0 Å². The van der Waals surface area contributed by atoms with E-state index < -0.39 is 0 Å². The van der Waals surface area contributed by atoms with E-state index in [9.17, 15) is 0 Å². The molecule has 0 aliphatic heterocycles. The topological polar surface area (TPSA) is 0 Å². The Hall–Kier alpha value is -1.87. The molecule has 0 nitrogen and oxygen atoms in total. The van der Waals surface area contributed by atoms with Crippen LogP contribution in [0.15, 0.2) is 97.1 Å². The van der Waals surface area contributed by atoms with Crippen molar-refractivity contribution in [2.75, 3.05) is 0 Å². The molecule has 0 heterocycles. The average molecular weight is 607 g/mol. The van der Waals surface area contributed by atoms with Crippen molar-refractivity contribution in [3.63, 3.8) is 0 Å². The van der Waals surface area contributed by atoms with E-state index in [-0.39, 0.29) is 46.5 Å². The van der Waals surface area contributed by atoms with Crippen LogP contribution >= 0.6 is 0 Å². The fraction of sp³-hybridized carbons (Fsp3) is 0.257. The summed E-state index contributed by atoms with van der Waals surface area (Å²) in [4.78, 5) is 0. The zero-order valence-corrected chi connectivity index (χ0v) is 27.9. The van der Waals surface area contributed by atoms with Crippen molar-refractivity contribution >= 4 is 53.3 Å². The molecule has 0 aromatic heterocycles. The summed E-state index contributed by atoms with van der Waals surface area (Å²) in [5.41, 5.74) is 2.69. The van der Waals surface area contributed by atoms with E-state index in [2.05, 4.69) is 135 Å². The molecule has 4 heteroatoms. The molecule has 6 aromatic rings. The van der Waals surface area contributed by atoms with Crippen molar-refractivity contribution in [3.8, 4) is 0 Å². The minimum Gasteiger partial charge on any atom is -1.00 e. The van der Waals surface area contributed by atoms with Crippen LogP contribution in [0.2, 0.25) is 6.55 Å². The van der Waals surface area contributed by atoms with Crippen LogP contribution < -0.4 is 24.8 Å². The Morgan fingerprint density at radius 2 is 0.897 bits per heavy atom. The first-order chi connectivity index (χ1) is 17.6. The fourth-order valence-corrected chi connectivity index (χ4v) is 4.73. The van der Waals surface area contributed by atoms with Gasteiger partial charge in [-0.15, -0.1) is 56.9 Å². The molecular weight excluding hydrogens is 567 g/mol. The first kappa shape index (κ1) is 37.1. The second-order valence-electron chi connectivity index (χ2n) is 9.35. The van der Waals surface area contributed by atoms with Crippen LogP contribution in [-0.4, -0.2) is 10.2 Å². The molecule has 201 valence electrons. The van der Waals surface area contributed by atoms with E-state index in [1.54, 1.807) is 6.55 Å². The number of fused-ring (bicyclic) bond motifs is 6. The van der Waals surface area contributed by atoms with Gasteiger partial charge in [0.1, 0.15) is 0 Å². The van der Waals surface area contributed by atoms with E-state index >= 15 is 0 Å². The van der Waals surface area contributed by atoms with E-state index in [4.69, 9.17) is 0 Å². The minimum absolute atomic E-state index is 0. The molecule has 0 amide bonds. The van der Waals surface area contributed by atoms with E-state index in [1.807, 2.05) is 0 Å². The van der Waals surface area contributed by atoms with Gasteiger partial charge >= 0.3 is 21.7 Å². The second-order valence-corrected chi connectivity index (χ2v) is 9.35. The molecule has 0 bridgehead atoms. The first-order valence-corrected chi connectivity index (χ1v) is 14.2. The Kier molecular flexibility index (Phi) is 18.3. The number of rotatable bonds is 3. The predicted molar refractivity (Wildman–Crippen MR) is 165 cm³/mol. The Labute approximate surface area is 266 Å². The van der Waals surface area contributed by atoms with Crippen molar-refractivity contribution in [2.24, 2.45) is 0 Å². The van der Waals surface area contributed by atoms with E-state index in [0.717, 1.165) is 0 Å². The van der Waals surface area contributed by atoms with Crippen LogP contribution in [0.4, 0.5) is 0 Å². The van der Waals surface area contributed by atoms with E-state index in [0.29, 0.717) is 0 Å². The van der Waals surface area contributed by atoms with Crippen LogP contribution in [0.5, 0.6) is 0 Å². The van der Waals surface area contributed by atoms with Gasteiger partial charge in [-0.25, -0.2) is 0 Å². The quantitative estimate of drug-likeness (QED) is 0.154.